The molecule has 3 aromatic carbocycles. The van der Waals surface area contributed by atoms with Crippen molar-refractivity contribution in [3.05, 3.63) is 88.5 Å². The monoisotopic (exact) mass is 484 g/mol. The van der Waals surface area contributed by atoms with Gasteiger partial charge in [0, 0.05) is 31.4 Å². The van der Waals surface area contributed by atoms with Gasteiger partial charge in [-0.2, -0.15) is 0 Å². The molecule has 0 spiro atoms. The molecule has 190 valence electrons. The Hall–Kier alpha value is -2.98. The van der Waals surface area contributed by atoms with E-state index in [0.717, 1.165) is 44.5 Å². The maximum Gasteiger partial charge on any atom is 0.120 e. The summed E-state index contributed by atoms with van der Waals surface area (Å²) >= 11 is 0. The molecule has 1 N–H and O–H groups in total. The van der Waals surface area contributed by atoms with Gasteiger partial charge >= 0.3 is 0 Å². The fourth-order valence-corrected chi connectivity index (χ4v) is 5.97. The van der Waals surface area contributed by atoms with Crippen LogP contribution in [0, 0.1) is 0 Å². The first-order chi connectivity index (χ1) is 17.6. The predicted octanol–water partition coefficient (Wildman–Crippen LogP) is 6.34. The molecule has 1 heterocycles. The lowest BCUT2D eigenvalue weighted by atomic mass is 9.79. The zero-order valence-corrected chi connectivity index (χ0v) is 21.9. The summed E-state index contributed by atoms with van der Waals surface area (Å²) in [5.41, 5.74) is 8.11. The average molecular weight is 485 g/mol. The van der Waals surface area contributed by atoms with E-state index < -0.39 is 0 Å². The van der Waals surface area contributed by atoms with Crippen molar-refractivity contribution in [1.82, 2.24) is 4.90 Å². The maximum absolute atomic E-state index is 9.89. The van der Waals surface area contributed by atoms with Gasteiger partial charge in [-0.05, 0) is 110 Å². The van der Waals surface area contributed by atoms with Crippen LogP contribution < -0.4 is 9.64 Å². The molecule has 1 saturated heterocycles. The van der Waals surface area contributed by atoms with E-state index in [2.05, 4.69) is 65.3 Å². The molecule has 1 aliphatic heterocycles. The van der Waals surface area contributed by atoms with Crippen molar-refractivity contribution < 1.29 is 9.84 Å². The number of phenols is 1. The minimum absolute atomic E-state index is 0.372. The van der Waals surface area contributed by atoms with E-state index in [1.807, 2.05) is 12.1 Å². The molecule has 0 amide bonds. The summed E-state index contributed by atoms with van der Waals surface area (Å²) in [4.78, 5) is 5.08. The third-order valence-electron chi connectivity index (χ3n) is 8.13. The molecule has 4 nitrogen and oxygen atoms in total. The first kappa shape index (κ1) is 24.7. The van der Waals surface area contributed by atoms with Gasteiger partial charge in [-0.3, -0.25) is 0 Å². The van der Waals surface area contributed by atoms with Gasteiger partial charge < -0.3 is 19.6 Å². The van der Waals surface area contributed by atoms with Crippen molar-refractivity contribution in [2.75, 3.05) is 38.2 Å². The zero-order chi connectivity index (χ0) is 24.9. The summed E-state index contributed by atoms with van der Waals surface area (Å²) < 4.78 is 5.64. The van der Waals surface area contributed by atoms with Gasteiger partial charge in [0.15, 0.2) is 0 Å². The summed E-state index contributed by atoms with van der Waals surface area (Å²) in [5.74, 6) is 1.74. The van der Waals surface area contributed by atoms with Crippen LogP contribution in [0.1, 0.15) is 59.9 Å². The quantitative estimate of drug-likeness (QED) is 0.385. The van der Waals surface area contributed by atoms with E-state index in [-0.39, 0.29) is 0 Å². The molecule has 1 fully saturated rings. The topological polar surface area (TPSA) is 35.9 Å². The van der Waals surface area contributed by atoms with E-state index >= 15 is 0 Å². The number of ether oxygens (including phenoxy) is 1. The van der Waals surface area contributed by atoms with E-state index in [9.17, 15) is 5.11 Å². The molecule has 1 atom stereocenters. The second-order valence-corrected chi connectivity index (χ2v) is 10.4. The van der Waals surface area contributed by atoms with E-state index in [1.165, 1.54) is 66.0 Å². The summed E-state index contributed by atoms with van der Waals surface area (Å²) in [6.07, 6.45) is 6.96. The molecular weight excluding hydrogens is 444 g/mol. The second kappa shape index (κ2) is 11.4. The van der Waals surface area contributed by atoms with E-state index in [0.29, 0.717) is 11.7 Å². The number of methoxy groups -OCH3 is 1. The second-order valence-electron chi connectivity index (χ2n) is 10.4. The number of benzene rings is 3. The molecule has 4 heteroatoms. The highest BCUT2D eigenvalue weighted by Crippen LogP contribution is 2.40. The van der Waals surface area contributed by atoms with Gasteiger partial charge in [0.05, 0.1) is 7.11 Å². The van der Waals surface area contributed by atoms with Crippen LogP contribution in [0.5, 0.6) is 11.5 Å². The molecular formula is C32H40N2O2. The van der Waals surface area contributed by atoms with Crippen LogP contribution in [-0.2, 0) is 25.8 Å². The highest BCUT2D eigenvalue weighted by molar-refractivity contribution is 5.60. The molecule has 0 aromatic heterocycles. The Bertz CT molecular complexity index is 1150. The molecule has 0 radical (unpaired) electrons. The maximum atomic E-state index is 9.89. The number of likely N-dealkylation sites (tertiary alicyclic amines) is 1. The van der Waals surface area contributed by atoms with Crippen molar-refractivity contribution >= 4 is 5.69 Å². The Morgan fingerprint density at radius 3 is 2.47 bits per heavy atom. The minimum atomic E-state index is 0.372. The highest BCUT2D eigenvalue weighted by atomic mass is 16.5. The van der Waals surface area contributed by atoms with Gasteiger partial charge in [0.1, 0.15) is 11.5 Å². The molecule has 1 aliphatic carbocycles. The Morgan fingerprint density at radius 2 is 1.72 bits per heavy atom. The minimum Gasteiger partial charge on any atom is -0.508 e. The fraction of sp³-hybridized carbons (Fsp3) is 0.438. The Kier molecular flexibility index (Phi) is 7.81. The standard InChI is InChI=1S/C32H40N2O2/c1-3-34(23-25-8-6-24(7-9-25)16-19-33-17-4-5-18-33)32-22-30(36-2)14-15-31(32)28-11-10-27-21-29(35)13-12-26(27)20-28/h6-9,12-15,21-22,28,35H,3-5,10-11,16-20,23H2,1-2H3. The Morgan fingerprint density at radius 1 is 0.944 bits per heavy atom. The lowest BCUT2D eigenvalue weighted by Crippen LogP contribution is -2.25. The van der Waals surface area contributed by atoms with Gasteiger partial charge in [-0.1, -0.05) is 36.4 Å². The Labute approximate surface area is 216 Å². The summed E-state index contributed by atoms with van der Waals surface area (Å²) in [5, 5.41) is 9.89. The number of fused-ring (bicyclic) bond motifs is 1. The van der Waals surface area contributed by atoms with Crippen molar-refractivity contribution in [3.8, 4) is 11.5 Å². The van der Waals surface area contributed by atoms with Crippen molar-refractivity contribution in [2.45, 2.75) is 57.9 Å². The van der Waals surface area contributed by atoms with Crippen LogP contribution in [0.15, 0.2) is 60.7 Å². The molecule has 3 aromatic rings. The summed E-state index contributed by atoms with van der Waals surface area (Å²) in [6, 6.07) is 21.7. The number of aromatic hydroxyl groups is 1. The van der Waals surface area contributed by atoms with E-state index in [4.69, 9.17) is 4.74 Å². The SMILES string of the molecule is CCN(Cc1ccc(CCN2CCCC2)cc1)c1cc(OC)ccc1C1CCc2cc(O)ccc2C1. The number of rotatable bonds is 9. The number of phenolic OH excluding ortho intramolecular Hbond substituents is 1. The lowest BCUT2D eigenvalue weighted by molar-refractivity contribution is 0.343. The smallest absolute Gasteiger partial charge is 0.120 e. The van der Waals surface area contributed by atoms with Crippen molar-refractivity contribution in [2.24, 2.45) is 0 Å². The number of anilines is 1. The first-order valence-electron chi connectivity index (χ1n) is 13.7. The third-order valence-corrected chi connectivity index (χ3v) is 8.13. The van der Waals surface area contributed by atoms with Gasteiger partial charge in [0.2, 0.25) is 0 Å². The van der Waals surface area contributed by atoms with E-state index in [1.54, 1.807) is 7.11 Å². The summed E-state index contributed by atoms with van der Waals surface area (Å²) in [6.45, 7) is 7.78. The van der Waals surface area contributed by atoms with Crippen LogP contribution >= 0.6 is 0 Å². The summed E-state index contributed by atoms with van der Waals surface area (Å²) in [7, 11) is 1.75. The lowest BCUT2D eigenvalue weighted by Gasteiger charge is -2.32. The van der Waals surface area contributed by atoms with Crippen molar-refractivity contribution in [1.29, 1.82) is 0 Å². The first-order valence-corrected chi connectivity index (χ1v) is 13.7. The highest BCUT2D eigenvalue weighted by Gasteiger charge is 2.24. The van der Waals surface area contributed by atoms with Crippen molar-refractivity contribution in [3.63, 3.8) is 0 Å². The normalized spacial score (nSPS) is 17.7. The van der Waals surface area contributed by atoms with Gasteiger partial charge in [0.25, 0.3) is 0 Å². The van der Waals surface area contributed by atoms with Crippen LogP contribution in [0.2, 0.25) is 0 Å². The zero-order valence-electron chi connectivity index (χ0n) is 21.9. The molecule has 2 aliphatic rings. The third kappa shape index (κ3) is 5.70. The molecule has 36 heavy (non-hydrogen) atoms. The predicted molar refractivity (Wildman–Crippen MR) is 148 cm³/mol. The molecule has 1 unspecified atom stereocenters. The Balaban J connectivity index is 1.33. The van der Waals surface area contributed by atoms with Crippen LogP contribution in [0.4, 0.5) is 5.69 Å². The molecule has 5 rings (SSSR count). The fourth-order valence-electron chi connectivity index (χ4n) is 5.97. The van der Waals surface area contributed by atoms with Crippen LogP contribution in [0.25, 0.3) is 0 Å². The van der Waals surface area contributed by atoms with Gasteiger partial charge in [-0.15, -0.1) is 0 Å². The number of nitrogens with zero attached hydrogens (tertiary/aromatic N) is 2. The largest absolute Gasteiger partial charge is 0.508 e. The van der Waals surface area contributed by atoms with Crippen LogP contribution in [0.3, 0.4) is 0 Å². The van der Waals surface area contributed by atoms with Crippen LogP contribution in [-0.4, -0.2) is 43.3 Å². The number of aryl methyl sites for hydroxylation is 1. The number of hydrogen-bond acceptors (Lipinski definition) is 4. The number of hydrogen-bond donors (Lipinski definition) is 1. The van der Waals surface area contributed by atoms with Gasteiger partial charge in [-0.25, -0.2) is 0 Å². The molecule has 0 bridgehead atoms. The average Bonchev–Trinajstić information content (AvgIpc) is 3.44. The molecule has 0 saturated carbocycles.